The molecule has 0 unspecified atom stereocenters. The van der Waals surface area contributed by atoms with Crippen molar-refractivity contribution in [3.8, 4) is 0 Å². The van der Waals surface area contributed by atoms with E-state index in [9.17, 15) is 0 Å². The van der Waals surface area contributed by atoms with E-state index in [2.05, 4.69) is 48.1 Å². The standard InChI is InChI=1S/C11H6Cl2IN5/c12-7-3-5(14)1-2-8(7)16-9-6-4-15-19-10(6)18-11(13)17-9/h1-4H,(H2,15,16,17,18,19). The highest BCUT2D eigenvalue weighted by Crippen LogP contribution is 2.29. The van der Waals surface area contributed by atoms with Crippen LogP contribution >= 0.6 is 45.8 Å². The number of aromatic nitrogens is 4. The first kappa shape index (κ1) is 12.9. The van der Waals surface area contributed by atoms with Crippen LogP contribution in [0.15, 0.2) is 24.4 Å². The molecule has 0 bridgehead atoms. The molecule has 2 heterocycles. The van der Waals surface area contributed by atoms with E-state index in [1.807, 2.05) is 18.2 Å². The van der Waals surface area contributed by atoms with Crippen molar-refractivity contribution in [2.45, 2.75) is 0 Å². The van der Waals surface area contributed by atoms with E-state index in [1.54, 1.807) is 6.20 Å². The number of nitrogens with one attached hydrogen (secondary N) is 2. The topological polar surface area (TPSA) is 66.5 Å². The largest absolute Gasteiger partial charge is 0.338 e. The summed E-state index contributed by atoms with van der Waals surface area (Å²) in [6.07, 6.45) is 1.63. The molecule has 0 aliphatic heterocycles. The van der Waals surface area contributed by atoms with E-state index >= 15 is 0 Å². The second-order valence-corrected chi connectivity index (χ2v) is 5.71. The van der Waals surface area contributed by atoms with Crippen LogP contribution in [0.5, 0.6) is 0 Å². The van der Waals surface area contributed by atoms with Crippen molar-refractivity contribution < 1.29 is 0 Å². The molecule has 1 aromatic carbocycles. The van der Waals surface area contributed by atoms with Gasteiger partial charge in [0, 0.05) is 3.57 Å². The third-order valence-corrected chi connectivity index (χ3v) is 3.62. The summed E-state index contributed by atoms with van der Waals surface area (Å²) < 4.78 is 1.06. The van der Waals surface area contributed by atoms with Crippen molar-refractivity contribution >= 4 is 68.3 Å². The van der Waals surface area contributed by atoms with Gasteiger partial charge in [-0.15, -0.1) is 0 Å². The summed E-state index contributed by atoms with van der Waals surface area (Å²) in [4.78, 5) is 8.19. The van der Waals surface area contributed by atoms with Gasteiger partial charge in [-0.1, -0.05) is 11.6 Å². The number of benzene rings is 1. The summed E-state index contributed by atoms with van der Waals surface area (Å²) in [5.41, 5.74) is 1.32. The summed E-state index contributed by atoms with van der Waals surface area (Å²) in [5, 5.41) is 11.3. The van der Waals surface area contributed by atoms with Gasteiger partial charge in [0.25, 0.3) is 0 Å². The van der Waals surface area contributed by atoms with Crippen molar-refractivity contribution in [1.29, 1.82) is 0 Å². The number of fused-ring (bicyclic) bond motifs is 1. The summed E-state index contributed by atoms with van der Waals surface area (Å²) in [6.45, 7) is 0. The van der Waals surface area contributed by atoms with Crippen LogP contribution < -0.4 is 5.32 Å². The van der Waals surface area contributed by atoms with Gasteiger partial charge < -0.3 is 5.32 Å². The molecule has 0 radical (unpaired) electrons. The lowest BCUT2D eigenvalue weighted by atomic mass is 10.3. The summed E-state index contributed by atoms with van der Waals surface area (Å²) in [7, 11) is 0. The molecule has 5 nitrogen and oxygen atoms in total. The Balaban J connectivity index is 2.07. The third kappa shape index (κ3) is 2.60. The Kier molecular flexibility index (Phi) is 3.46. The van der Waals surface area contributed by atoms with Gasteiger partial charge in [0.2, 0.25) is 5.28 Å². The molecule has 0 saturated heterocycles. The van der Waals surface area contributed by atoms with E-state index in [0.29, 0.717) is 16.5 Å². The Morgan fingerprint density at radius 3 is 2.84 bits per heavy atom. The molecule has 0 aliphatic rings. The van der Waals surface area contributed by atoms with Crippen LogP contribution in [0.1, 0.15) is 0 Å². The SMILES string of the molecule is Clc1nc(Nc2ccc(I)cc2Cl)c2cn[nH]c2n1. The lowest BCUT2D eigenvalue weighted by Crippen LogP contribution is -1.97. The van der Waals surface area contributed by atoms with Crippen molar-refractivity contribution in [3.63, 3.8) is 0 Å². The molecule has 2 aromatic heterocycles. The molecule has 3 rings (SSSR count). The quantitative estimate of drug-likeness (QED) is 0.499. The van der Waals surface area contributed by atoms with E-state index in [1.165, 1.54) is 0 Å². The number of nitrogens with zero attached hydrogens (tertiary/aromatic N) is 3. The summed E-state index contributed by atoms with van der Waals surface area (Å²) >= 11 is 14.2. The minimum absolute atomic E-state index is 0.140. The molecule has 3 aromatic rings. The molecule has 0 saturated carbocycles. The zero-order chi connectivity index (χ0) is 13.4. The van der Waals surface area contributed by atoms with Crippen molar-refractivity contribution in [3.05, 3.63) is 38.3 Å². The molecule has 2 N–H and O–H groups in total. The zero-order valence-corrected chi connectivity index (χ0v) is 13.0. The first-order valence-corrected chi connectivity index (χ1v) is 7.05. The maximum Gasteiger partial charge on any atom is 0.226 e. The van der Waals surface area contributed by atoms with E-state index in [4.69, 9.17) is 23.2 Å². The van der Waals surface area contributed by atoms with Gasteiger partial charge in [0.05, 0.1) is 22.3 Å². The number of H-pyrrole nitrogens is 1. The smallest absolute Gasteiger partial charge is 0.226 e. The number of anilines is 2. The molecule has 19 heavy (non-hydrogen) atoms. The molecule has 0 aliphatic carbocycles. The normalized spacial score (nSPS) is 10.9. The van der Waals surface area contributed by atoms with E-state index < -0.39 is 0 Å². The van der Waals surface area contributed by atoms with Crippen LogP contribution in [0.2, 0.25) is 10.3 Å². The Morgan fingerprint density at radius 2 is 2.05 bits per heavy atom. The van der Waals surface area contributed by atoms with Crippen LogP contribution in [-0.4, -0.2) is 20.2 Å². The van der Waals surface area contributed by atoms with Crippen molar-refractivity contribution in [2.75, 3.05) is 5.32 Å². The second-order valence-electron chi connectivity index (χ2n) is 3.72. The molecule has 96 valence electrons. The highest BCUT2D eigenvalue weighted by molar-refractivity contribution is 14.1. The number of hydrogen-bond donors (Lipinski definition) is 2. The minimum Gasteiger partial charge on any atom is -0.338 e. The number of aromatic amines is 1. The third-order valence-electron chi connectivity index (χ3n) is 2.47. The maximum atomic E-state index is 6.18. The monoisotopic (exact) mass is 405 g/mol. The van der Waals surface area contributed by atoms with Gasteiger partial charge in [0.1, 0.15) is 5.82 Å². The highest BCUT2D eigenvalue weighted by atomic mass is 127. The Morgan fingerprint density at radius 1 is 1.21 bits per heavy atom. The molecule has 0 atom stereocenters. The van der Waals surface area contributed by atoms with Crippen molar-refractivity contribution in [1.82, 2.24) is 20.2 Å². The lowest BCUT2D eigenvalue weighted by molar-refractivity contribution is 1.09. The predicted molar refractivity (Wildman–Crippen MR) is 84.1 cm³/mol. The Labute approximate surface area is 131 Å². The first-order valence-electron chi connectivity index (χ1n) is 5.22. The zero-order valence-electron chi connectivity index (χ0n) is 9.28. The van der Waals surface area contributed by atoms with Gasteiger partial charge >= 0.3 is 0 Å². The summed E-state index contributed by atoms with van der Waals surface area (Å²) in [5.74, 6) is 0.562. The number of hydrogen-bond acceptors (Lipinski definition) is 4. The van der Waals surface area contributed by atoms with Gasteiger partial charge in [-0.05, 0) is 52.4 Å². The number of halogens is 3. The molecule has 0 amide bonds. The lowest BCUT2D eigenvalue weighted by Gasteiger charge is -2.08. The average Bonchev–Trinajstić information content (AvgIpc) is 2.80. The highest BCUT2D eigenvalue weighted by Gasteiger charge is 2.10. The fourth-order valence-corrected chi connectivity index (χ4v) is 2.69. The van der Waals surface area contributed by atoms with Gasteiger partial charge in [-0.3, -0.25) is 5.10 Å². The Hall–Kier alpha value is -1.12. The van der Waals surface area contributed by atoms with Gasteiger partial charge in [-0.25, -0.2) is 0 Å². The predicted octanol–water partition coefficient (Wildman–Crippen LogP) is 4.01. The van der Waals surface area contributed by atoms with Crippen LogP contribution in [0.3, 0.4) is 0 Å². The van der Waals surface area contributed by atoms with Crippen LogP contribution in [-0.2, 0) is 0 Å². The van der Waals surface area contributed by atoms with Crippen LogP contribution in [0.25, 0.3) is 11.0 Å². The molecular formula is C11H6Cl2IN5. The molecular weight excluding hydrogens is 400 g/mol. The van der Waals surface area contributed by atoms with Crippen LogP contribution in [0.4, 0.5) is 11.5 Å². The van der Waals surface area contributed by atoms with Crippen LogP contribution in [0, 0.1) is 3.57 Å². The average molecular weight is 406 g/mol. The molecule has 0 spiro atoms. The molecule has 8 heteroatoms. The Bertz CT molecular complexity index is 758. The van der Waals surface area contributed by atoms with Crippen molar-refractivity contribution in [2.24, 2.45) is 0 Å². The van der Waals surface area contributed by atoms with E-state index in [-0.39, 0.29) is 5.28 Å². The maximum absolute atomic E-state index is 6.18. The fraction of sp³-hybridized carbons (Fsp3) is 0. The summed E-state index contributed by atoms with van der Waals surface area (Å²) in [6, 6.07) is 5.69. The van der Waals surface area contributed by atoms with Gasteiger partial charge in [0.15, 0.2) is 5.65 Å². The second kappa shape index (κ2) is 5.10. The minimum atomic E-state index is 0.140. The van der Waals surface area contributed by atoms with E-state index in [0.717, 1.165) is 14.6 Å². The number of rotatable bonds is 2. The molecule has 0 fully saturated rings. The first-order chi connectivity index (χ1) is 9.13. The fourth-order valence-electron chi connectivity index (χ4n) is 1.62. The van der Waals surface area contributed by atoms with Gasteiger partial charge in [-0.2, -0.15) is 15.1 Å².